The number of aromatic nitrogens is 1. The summed E-state index contributed by atoms with van der Waals surface area (Å²) in [7, 11) is 0.847. The molecule has 0 fully saturated rings. The number of alkyl halides is 6. The third-order valence-corrected chi connectivity index (χ3v) is 2.21. The molecule has 0 unspecified atom stereocenters. The van der Waals surface area contributed by atoms with Gasteiger partial charge in [0.25, 0.3) is 5.56 Å². The summed E-state index contributed by atoms with van der Waals surface area (Å²) >= 11 is 0. The number of hydrogen-bond donors (Lipinski definition) is 1. The molecular weight excluding hydrogens is 312 g/mol. The van der Waals surface area contributed by atoms with E-state index in [1.54, 1.807) is 4.98 Å². The van der Waals surface area contributed by atoms with Crippen LogP contribution in [0.4, 0.5) is 26.3 Å². The van der Waals surface area contributed by atoms with Crippen LogP contribution in [0.1, 0.15) is 11.1 Å². The number of nitrogens with one attached hydrogen (secondary N) is 1. The molecule has 1 aromatic heterocycles. The van der Waals surface area contributed by atoms with Gasteiger partial charge in [-0.25, -0.2) is 0 Å². The van der Waals surface area contributed by atoms with Crippen molar-refractivity contribution in [1.29, 1.82) is 0 Å². The molecule has 0 spiro atoms. The highest BCUT2D eigenvalue weighted by atomic mass is 19.4. The van der Waals surface area contributed by atoms with Gasteiger partial charge in [-0.3, -0.25) is 9.59 Å². The van der Waals surface area contributed by atoms with Gasteiger partial charge in [-0.1, -0.05) is 0 Å². The fourth-order valence-electron chi connectivity index (χ4n) is 1.45. The Balaban J connectivity index is 3.50. The maximum absolute atomic E-state index is 12.9. The number of esters is 1. The standard InChI is InChI=1S/C10H7F6NO4/c1-20-6(18)2-4-7(9(11,12)13)5(3-17-8(4)19)21-10(14,15)16/h3H,2H2,1H3,(H,17,19). The van der Waals surface area contributed by atoms with Gasteiger partial charge in [0, 0.05) is 11.8 Å². The van der Waals surface area contributed by atoms with Gasteiger partial charge in [0.1, 0.15) is 5.56 Å². The minimum absolute atomic E-state index is 0.124. The van der Waals surface area contributed by atoms with E-state index >= 15 is 0 Å². The van der Waals surface area contributed by atoms with Gasteiger partial charge >= 0.3 is 18.5 Å². The summed E-state index contributed by atoms with van der Waals surface area (Å²) in [5.74, 6) is -2.89. The first-order chi connectivity index (χ1) is 9.45. The molecule has 5 nitrogen and oxygen atoms in total. The molecule has 0 bridgehead atoms. The van der Waals surface area contributed by atoms with Crippen LogP contribution in [-0.4, -0.2) is 24.4 Å². The summed E-state index contributed by atoms with van der Waals surface area (Å²) in [4.78, 5) is 24.0. The summed E-state index contributed by atoms with van der Waals surface area (Å²) < 4.78 is 82.2. The topological polar surface area (TPSA) is 68.4 Å². The third-order valence-electron chi connectivity index (χ3n) is 2.21. The van der Waals surface area contributed by atoms with Crippen molar-refractivity contribution in [2.75, 3.05) is 7.11 Å². The highest BCUT2D eigenvalue weighted by molar-refractivity contribution is 5.73. The van der Waals surface area contributed by atoms with Crippen LogP contribution in [0.5, 0.6) is 5.75 Å². The van der Waals surface area contributed by atoms with Crippen LogP contribution in [0.3, 0.4) is 0 Å². The fourth-order valence-corrected chi connectivity index (χ4v) is 1.45. The molecule has 1 N–H and O–H groups in total. The average molecular weight is 319 g/mol. The molecule has 0 radical (unpaired) electrons. The van der Waals surface area contributed by atoms with Crippen molar-refractivity contribution in [3.63, 3.8) is 0 Å². The molecule has 0 saturated carbocycles. The fraction of sp³-hybridized carbons (Fsp3) is 0.400. The second kappa shape index (κ2) is 5.66. The molecule has 0 atom stereocenters. The zero-order chi connectivity index (χ0) is 16.4. The van der Waals surface area contributed by atoms with Gasteiger partial charge < -0.3 is 14.5 Å². The molecule has 21 heavy (non-hydrogen) atoms. The highest BCUT2D eigenvalue weighted by Gasteiger charge is 2.42. The smallest absolute Gasteiger partial charge is 0.469 e. The number of rotatable bonds is 3. The Morgan fingerprint density at radius 3 is 2.24 bits per heavy atom. The molecule has 11 heteroatoms. The van der Waals surface area contributed by atoms with Gasteiger partial charge in [0.15, 0.2) is 5.75 Å². The Bertz CT molecular complexity index is 589. The Morgan fingerprint density at radius 2 is 1.81 bits per heavy atom. The van der Waals surface area contributed by atoms with Crippen LogP contribution in [0.15, 0.2) is 11.0 Å². The molecule has 0 amide bonds. The lowest BCUT2D eigenvalue weighted by Crippen LogP contribution is -2.27. The average Bonchev–Trinajstić information content (AvgIpc) is 2.29. The summed E-state index contributed by atoms with van der Waals surface area (Å²) in [5, 5.41) is 0. The molecular formula is C10H7F6NO4. The molecule has 1 rings (SSSR count). The number of carbonyl (C=O) groups excluding carboxylic acids is 1. The van der Waals surface area contributed by atoms with Crippen LogP contribution >= 0.6 is 0 Å². The van der Waals surface area contributed by atoms with Crippen molar-refractivity contribution in [2.24, 2.45) is 0 Å². The van der Waals surface area contributed by atoms with Crippen molar-refractivity contribution in [1.82, 2.24) is 4.98 Å². The van der Waals surface area contributed by atoms with Crippen molar-refractivity contribution in [2.45, 2.75) is 19.0 Å². The highest BCUT2D eigenvalue weighted by Crippen LogP contribution is 2.39. The Kier molecular flexibility index (Phi) is 4.54. The summed E-state index contributed by atoms with van der Waals surface area (Å²) in [5.41, 5.74) is -4.58. The minimum atomic E-state index is -5.40. The lowest BCUT2D eigenvalue weighted by atomic mass is 10.1. The molecule has 0 saturated heterocycles. The number of hydrogen-bond acceptors (Lipinski definition) is 4. The normalized spacial score (nSPS) is 12.1. The Labute approximate surface area is 112 Å². The summed E-state index contributed by atoms with van der Waals surface area (Å²) in [6, 6.07) is 0. The zero-order valence-electron chi connectivity index (χ0n) is 10.2. The van der Waals surface area contributed by atoms with Crippen molar-refractivity contribution >= 4 is 5.97 Å². The number of H-pyrrole nitrogens is 1. The predicted molar refractivity (Wildman–Crippen MR) is 54.5 cm³/mol. The van der Waals surface area contributed by atoms with Crippen LogP contribution in [-0.2, 0) is 22.1 Å². The summed E-state index contributed by atoms with van der Waals surface area (Å²) in [6.45, 7) is 0. The molecule has 1 aromatic rings. The Hall–Kier alpha value is -2.20. The van der Waals surface area contributed by atoms with E-state index in [1.807, 2.05) is 0 Å². The van der Waals surface area contributed by atoms with Gasteiger partial charge in [-0.15, -0.1) is 13.2 Å². The van der Waals surface area contributed by atoms with Crippen molar-refractivity contribution in [3.05, 3.63) is 27.7 Å². The zero-order valence-corrected chi connectivity index (χ0v) is 10.2. The lowest BCUT2D eigenvalue weighted by molar-refractivity contribution is -0.276. The largest absolute Gasteiger partial charge is 0.573 e. The van der Waals surface area contributed by atoms with Gasteiger partial charge in [0.05, 0.1) is 13.5 Å². The van der Waals surface area contributed by atoms with E-state index in [1.165, 1.54) is 0 Å². The maximum atomic E-state index is 12.9. The first-order valence-corrected chi connectivity index (χ1v) is 5.10. The third kappa shape index (κ3) is 4.39. The van der Waals surface area contributed by atoms with Gasteiger partial charge in [-0.05, 0) is 0 Å². The monoisotopic (exact) mass is 319 g/mol. The first-order valence-electron chi connectivity index (χ1n) is 5.10. The van der Waals surface area contributed by atoms with E-state index in [9.17, 15) is 35.9 Å². The molecule has 0 aliphatic rings. The van der Waals surface area contributed by atoms with Crippen LogP contribution in [0.25, 0.3) is 0 Å². The van der Waals surface area contributed by atoms with Gasteiger partial charge in [0.2, 0.25) is 0 Å². The van der Waals surface area contributed by atoms with Crippen molar-refractivity contribution in [3.8, 4) is 5.75 Å². The number of aromatic amines is 1. The number of carbonyl (C=O) groups is 1. The Morgan fingerprint density at radius 1 is 1.24 bits per heavy atom. The second-order valence-electron chi connectivity index (χ2n) is 3.63. The lowest BCUT2D eigenvalue weighted by Gasteiger charge is -2.17. The summed E-state index contributed by atoms with van der Waals surface area (Å²) in [6.07, 6.45) is -11.8. The van der Waals surface area contributed by atoms with E-state index in [2.05, 4.69) is 9.47 Å². The quantitative estimate of drug-likeness (QED) is 0.683. The van der Waals surface area contributed by atoms with Crippen LogP contribution in [0, 0.1) is 0 Å². The van der Waals surface area contributed by atoms with E-state index in [-0.39, 0.29) is 6.20 Å². The van der Waals surface area contributed by atoms with Crippen LogP contribution < -0.4 is 10.3 Å². The van der Waals surface area contributed by atoms with Crippen molar-refractivity contribution < 1.29 is 40.6 Å². The molecule has 0 aliphatic heterocycles. The van der Waals surface area contributed by atoms with E-state index in [4.69, 9.17) is 0 Å². The second-order valence-corrected chi connectivity index (χ2v) is 3.63. The molecule has 1 heterocycles. The maximum Gasteiger partial charge on any atom is 0.573 e. The minimum Gasteiger partial charge on any atom is -0.469 e. The van der Waals surface area contributed by atoms with E-state index in [0.29, 0.717) is 0 Å². The number of pyridine rings is 1. The van der Waals surface area contributed by atoms with E-state index < -0.39 is 47.4 Å². The molecule has 0 aliphatic carbocycles. The number of methoxy groups -OCH3 is 1. The predicted octanol–water partition coefficient (Wildman–Crippen LogP) is 2.01. The van der Waals surface area contributed by atoms with Crippen LogP contribution in [0.2, 0.25) is 0 Å². The SMILES string of the molecule is COC(=O)Cc1c(C(F)(F)F)c(OC(F)(F)F)c[nH]c1=O. The number of ether oxygens (including phenoxy) is 2. The van der Waals surface area contributed by atoms with E-state index in [0.717, 1.165) is 7.11 Å². The molecule has 0 aromatic carbocycles. The number of halogens is 6. The first kappa shape index (κ1) is 16.9. The molecule has 118 valence electrons. The van der Waals surface area contributed by atoms with Gasteiger partial charge in [-0.2, -0.15) is 13.2 Å².